The number of aliphatic hydroxyl groups excluding tert-OH is 1. The van der Waals surface area contributed by atoms with E-state index in [4.69, 9.17) is 5.11 Å². The number of benzene rings is 1. The SMILES string of the molecule is CCC(CCCO)C(=O)NCCc1c[nH]c2ccccc12. The summed E-state index contributed by atoms with van der Waals surface area (Å²) in [6.07, 6.45) is 5.10. The van der Waals surface area contributed by atoms with Gasteiger partial charge in [0, 0.05) is 36.2 Å². The van der Waals surface area contributed by atoms with Crippen molar-refractivity contribution in [2.75, 3.05) is 13.2 Å². The van der Waals surface area contributed by atoms with Crippen LogP contribution in [0.2, 0.25) is 0 Å². The van der Waals surface area contributed by atoms with Gasteiger partial charge in [0.15, 0.2) is 0 Å². The van der Waals surface area contributed by atoms with Gasteiger partial charge in [0.2, 0.25) is 5.91 Å². The number of nitrogens with one attached hydrogen (secondary N) is 2. The van der Waals surface area contributed by atoms with Crippen molar-refractivity contribution in [1.29, 1.82) is 0 Å². The monoisotopic (exact) mass is 288 g/mol. The molecular formula is C17H24N2O2. The fourth-order valence-corrected chi connectivity index (χ4v) is 2.66. The second-order valence-corrected chi connectivity index (χ2v) is 5.37. The highest BCUT2D eigenvalue weighted by atomic mass is 16.3. The first kappa shape index (κ1) is 15.6. The average molecular weight is 288 g/mol. The Morgan fingerprint density at radius 1 is 1.38 bits per heavy atom. The molecule has 1 aromatic heterocycles. The number of aromatic amines is 1. The van der Waals surface area contributed by atoms with E-state index in [0.717, 1.165) is 24.8 Å². The van der Waals surface area contributed by atoms with Gasteiger partial charge in [-0.25, -0.2) is 0 Å². The Balaban J connectivity index is 1.84. The lowest BCUT2D eigenvalue weighted by molar-refractivity contribution is -0.125. The van der Waals surface area contributed by atoms with Gasteiger partial charge in [-0.3, -0.25) is 4.79 Å². The van der Waals surface area contributed by atoms with Gasteiger partial charge in [0.25, 0.3) is 0 Å². The number of amides is 1. The Hall–Kier alpha value is -1.81. The summed E-state index contributed by atoms with van der Waals surface area (Å²) < 4.78 is 0. The highest BCUT2D eigenvalue weighted by Crippen LogP contribution is 2.18. The molecule has 0 fully saturated rings. The third kappa shape index (κ3) is 4.08. The smallest absolute Gasteiger partial charge is 0.223 e. The summed E-state index contributed by atoms with van der Waals surface area (Å²) in [7, 11) is 0. The second-order valence-electron chi connectivity index (χ2n) is 5.37. The second kappa shape index (κ2) is 7.84. The van der Waals surface area contributed by atoms with Gasteiger partial charge >= 0.3 is 0 Å². The molecule has 0 spiro atoms. The molecule has 1 aromatic carbocycles. The van der Waals surface area contributed by atoms with Crippen LogP contribution >= 0.6 is 0 Å². The van der Waals surface area contributed by atoms with Gasteiger partial charge in [-0.05, 0) is 37.3 Å². The van der Waals surface area contributed by atoms with Crippen LogP contribution in [0.25, 0.3) is 10.9 Å². The van der Waals surface area contributed by atoms with Crippen molar-refractivity contribution in [3.8, 4) is 0 Å². The molecule has 1 amide bonds. The summed E-state index contributed by atoms with van der Waals surface area (Å²) in [6, 6.07) is 8.19. The first-order valence-electron chi connectivity index (χ1n) is 7.69. The zero-order valence-electron chi connectivity index (χ0n) is 12.6. The highest BCUT2D eigenvalue weighted by molar-refractivity contribution is 5.83. The number of H-pyrrole nitrogens is 1. The Bertz CT molecular complexity index is 577. The summed E-state index contributed by atoms with van der Waals surface area (Å²) in [5.41, 5.74) is 2.36. The molecule has 0 aliphatic carbocycles. The average Bonchev–Trinajstić information content (AvgIpc) is 2.91. The van der Waals surface area contributed by atoms with E-state index in [9.17, 15) is 4.79 Å². The van der Waals surface area contributed by atoms with Crippen LogP contribution in [0, 0.1) is 5.92 Å². The summed E-state index contributed by atoms with van der Waals surface area (Å²) in [4.78, 5) is 15.3. The van der Waals surface area contributed by atoms with Crippen molar-refractivity contribution in [2.45, 2.75) is 32.6 Å². The van der Waals surface area contributed by atoms with Crippen LogP contribution in [0.1, 0.15) is 31.7 Å². The van der Waals surface area contributed by atoms with E-state index >= 15 is 0 Å². The zero-order chi connectivity index (χ0) is 15.1. The Labute approximate surface area is 125 Å². The van der Waals surface area contributed by atoms with E-state index in [1.165, 1.54) is 10.9 Å². The molecule has 1 unspecified atom stereocenters. The van der Waals surface area contributed by atoms with Crippen LogP contribution in [0.3, 0.4) is 0 Å². The molecule has 0 aliphatic heterocycles. The lowest BCUT2D eigenvalue weighted by Crippen LogP contribution is -2.32. The fourth-order valence-electron chi connectivity index (χ4n) is 2.66. The standard InChI is InChI=1S/C17H24N2O2/c1-2-13(6-5-11-20)17(21)18-10-9-14-12-19-16-8-4-3-7-15(14)16/h3-4,7-8,12-13,19-20H,2,5-6,9-11H2,1H3,(H,18,21). The van der Waals surface area contributed by atoms with E-state index < -0.39 is 0 Å². The summed E-state index contributed by atoms with van der Waals surface area (Å²) >= 11 is 0. The van der Waals surface area contributed by atoms with Crippen molar-refractivity contribution in [3.05, 3.63) is 36.0 Å². The lowest BCUT2D eigenvalue weighted by atomic mass is 9.99. The number of aliphatic hydroxyl groups is 1. The topological polar surface area (TPSA) is 65.1 Å². The van der Waals surface area contributed by atoms with Crippen molar-refractivity contribution in [2.24, 2.45) is 5.92 Å². The summed E-state index contributed by atoms with van der Waals surface area (Å²) in [5, 5.41) is 13.1. The predicted molar refractivity (Wildman–Crippen MR) is 85.1 cm³/mol. The maximum atomic E-state index is 12.1. The summed E-state index contributed by atoms with van der Waals surface area (Å²) in [6.45, 7) is 2.82. The van der Waals surface area contributed by atoms with Crippen molar-refractivity contribution >= 4 is 16.8 Å². The molecule has 2 rings (SSSR count). The number of para-hydroxylation sites is 1. The number of fused-ring (bicyclic) bond motifs is 1. The molecule has 3 N–H and O–H groups in total. The van der Waals surface area contributed by atoms with Gasteiger partial charge < -0.3 is 15.4 Å². The maximum absolute atomic E-state index is 12.1. The van der Waals surface area contributed by atoms with Crippen molar-refractivity contribution in [1.82, 2.24) is 10.3 Å². The number of carbonyl (C=O) groups is 1. The van der Waals surface area contributed by atoms with Crippen LogP contribution in [0.5, 0.6) is 0 Å². The lowest BCUT2D eigenvalue weighted by Gasteiger charge is -2.14. The zero-order valence-corrected chi connectivity index (χ0v) is 12.6. The third-order valence-electron chi connectivity index (χ3n) is 3.94. The fraction of sp³-hybridized carbons (Fsp3) is 0.471. The van der Waals surface area contributed by atoms with Gasteiger partial charge in [-0.2, -0.15) is 0 Å². The Morgan fingerprint density at radius 2 is 2.19 bits per heavy atom. The predicted octanol–water partition coefficient (Wildman–Crippen LogP) is 2.63. The number of aromatic nitrogens is 1. The van der Waals surface area contributed by atoms with Gasteiger partial charge in [-0.1, -0.05) is 25.1 Å². The minimum Gasteiger partial charge on any atom is -0.396 e. The molecule has 0 aliphatic rings. The maximum Gasteiger partial charge on any atom is 0.223 e. The Kier molecular flexibility index (Phi) is 5.81. The molecule has 2 aromatic rings. The van der Waals surface area contributed by atoms with E-state index in [0.29, 0.717) is 13.0 Å². The summed E-state index contributed by atoms with van der Waals surface area (Å²) in [5.74, 6) is 0.117. The number of carbonyl (C=O) groups excluding carboxylic acids is 1. The van der Waals surface area contributed by atoms with E-state index in [1.54, 1.807) is 0 Å². The Morgan fingerprint density at radius 3 is 2.95 bits per heavy atom. The first-order chi connectivity index (χ1) is 10.3. The van der Waals surface area contributed by atoms with Gasteiger partial charge in [0.05, 0.1) is 0 Å². The van der Waals surface area contributed by atoms with E-state index in [2.05, 4.69) is 22.4 Å². The molecule has 4 heteroatoms. The van der Waals surface area contributed by atoms with Crippen molar-refractivity contribution in [3.63, 3.8) is 0 Å². The molecule has 21 heavy (non-hydrogen) atoms. The molecule has 0 saturated carbocycles. The third-order valence-corrected chi connectivity index (χ3v) is 3.94. The van der Waals surface area contributed by atoms with E-state index in [-0.39, 0.29) is 18.4 Å². The highest BCUT2D eigenvalue weighted by Gasteiger charge is 2.15. The quantitative estimate of drug-likeness (QED) is 0.699. The number of hydrogen-bond acceptors (Lipinski definition) is 2. The molecule has 1 heterocycles. The van der Waals surface area contributed by atoms with Crippen molar-refractivity contribution < 1.29 is 9.90 Å². The number of hydrogen-bond donors (Lipinski definition) is 3. The molecule has 0 radical (unpaired) electrons. The van der Waals surface area contributed by atoms with Crippen LogP contribution in [0.4, 0.5) is 0 Å². The largest absolute Gasteiger partial charge is 0.396 e. The molecule has 114 valence electrons. The van der Waals surface area contributed by atoms with Gasteiger partial charge in [-0.15, -0.1) is 0 Å². The molecule has 1 atom stereocenters. The van der Waals surface area contributed by atoms with Crippen LogP contribution in [-0.2, 0) is 11.2 Å². The molecule has 0 bridgehead atoms. The normalized spacial score (nSPS) is 12.5. The van der Waals surface area contributed by atoms with Crippen LogP contribution in [0.15, 0.2) is 30.5 Å². The first-order valence-corrected chi connectivity index (χ1v) is 7.69. The number of rotatable bonds is 8. The minimum absolute atomic E-state index is 0.0140. The van der Waals surface area contributed by atoms with Crippen LogP contribution < -0.4 is 5.32 Å². The molecule has 4 nitrogen and oxygen atoms in total. The van der Waals surface area contributed by atoms with E-state index in [1.807, 2.05) is 25.3 Å². The van der Waals surface area contributed by atoms with Crippen LogP contribution in [-0.4, -0.2) is 29.1 Å². The van der Waals surface area contributed by atoms with Gasteiger partial charge in [0.1, 0.15) is 0 Å². The molecular weight excluding hydrogens is 264 g/mol. The molecule has 0 saturated heterocycles. The minimum atomic E-state index is 0.0140.